The molecule has 8 heteroatoms. The third-order valence-corrected chi connectivity index (χ3v) is 16.1. The van der Waals surface area contributed by atoms with Gasteiger partial charge in [-0.2, -0.15) is 0 Å². The molecule has 1 aliphatic carbocycles. The molecule has 6 nitrogen and oxygen atoms in total. The van der Waals surface area contributed by atoms with E-state index in [0.29, 0.717) is 13.0 Å². The van der Waals surface area contributed by atoms with E-state index >= 15 is 0 Å². The maximum absolute atomic E-state index is 12.0. The van der Waals surface area contributed by atoms with Crippen molar-refractivity contribution in [2.75, 3.05) is 6.61 Å². The number of fused-ring (bicyclic) bond motifs is 1. The molecule has 1 fully saturated rings. The monoisotopic (exact) mass is 443 g/mol. The number of ether oxygens (including phenoxy) is 1. The van der Waals surface area contributed by atoms with Gasteiger partial charge in [-0.05, 0) is 36.3 Å². The van der Waals surface area contributed by atoms with Crippen LogP contribution in [0.4, 0.5) is 0 Å². The summed E-state index contributed by atoms with van der Waals surface area (Å²) in [5.41, 5.74) is 0.973. The first-order valence-corrected chi connectivity index (χ1v) is 16.5. The van der Waals surface area contributed by atoms with Gasteiger partial charge in [-0.1, -0.05) is 46.7 Å². The highest BCUT2D eigenvalue weighted by Crippen LogP contribution is 2.44. The second kappa shape index (κ2) is 8.09. The van der Waals surface area contributed by atoms with Crippen LogP contribution in [0, 0.1) is 5.92 Å². The number of hydrogen-bond donors (Lipinski definition) is 0. The lowest BCUT2D eigenvalue weighted by Crippen LogP contribution is -2.61. The molecule has 1 aliphatic heterocycles. The van der Waals surface area contributed by atoms with Crippen molar-refractivity contribution in [3.63, 3.8) is 0 Å². The Morgan fingerprint density at radius 1 is 0.966 bits per heavy atom. The molecule has 1 saturated carbocycles. The van der Waals surface area contributed by atoms with E-state index in [1.165, 1.54) is 6.92 Å². The standard InChI is InChI=1S/C21H41NO5Si2/c1-14(23)25-19-17(26-28(8,9)20(2,3)4)12-16-15(13-24-22-16)18(19)27-29(10,11)21(5,6)7/h15,17-19H,12-13H2,1-11H3. The zero-order valence-electron chi connectivity index (χ0n) is 20.2. The number of carbonyl (C=O) groups is 1. The molecule has 4 atom stereocenters. The molecular formula is C21H41NO5Si2. The summed E-state index contributed by atoms with van der Waals surface area (Å²) in [6.07, 6.45) is -0.413. The summed E-state index contributed by atoms with van der Waals surface area (Å²) >= 11 is 0. The van der Waals surface area contributed by atoms with Gasteiger partial charge < -0.3 is 18.4 Å². The number of nitrogens with zero attached hydrogens (tertiary/aromatic N) is 1. The fraction of sp³-hybridized carbons (Fsp3) is 0.905. The number of rotatable bonds is 5. The first-order valence-electron chi connectivity index (χ1n) is 10.7. The first kappa shape index (κ1) is 24.6. The van der Waals surface area contributed by atoms with Gasteiger partial charge in [0.05, 0.1) is 23.8 Å². The maximum atomic E-state index is 12.0. The van der Waals surface area contributed by atoms with Crippen molar-refractivity contribution in [2.24, 2.45) is 11.1 Å². The highest BCUT2D eigenvalue weighted by molar-refractivity contribution is 6.74. The zero-order valence-corrected chi connectivity index (χ0v) is 22.2. The zero-order chi connectivity index (χ0) is 22.4. The molecule has 0 radical (unpaired) electrons. The second-order valence-corrected chi connectivity index (χ2v) is 21.0. The lowest BCUT2D eigenvalue weighted by molar-refractivity contribution is -0.163. The van der Waals surface area contributed by atoms with Crippen LogP contribution >= 0.6 is 0 Å². The fourth-order valence-corrected chi connectivity index (χ4v) is 5.93. The first-order chi connectivity index (χ1) is 13.0. The fourth-order valence-electron chi connectivity index (χ4n) is 3.26. The van der Waals surface area contributed by atoms with Gasteiger partial charge in [0.2, 0.25) is 0 Å². The normalized spacial score (nSPS) is 28.4. The van der Waals surface area contributed by atoms with E-state index in [-0.39, 0.29) is 34.2 Å². The Bertz CT molecular complexity index is 648. The molecule has 0 N–H and O–H groups in total. The molecule has 4 unspecified atom stereocenters. The van der Waals surface area contributed by atoms with Crippen LogP contribution in [0.5, 0.6) is 0 Å². The predicted molar refractivity (Wildman–Crippen MR) is 121 cm³/mol. The third kappa shape index (κ3) is 5.32. The molecular weight excluding hydrogens is 402 g/mol. The molecule has 0 spiro atoms. The van der Waals surface area contributed by atoms with Crippen LogP contribution in [0.15, 0.2) is 5.16 Å². The average Bonchev–Trinajstić information content (AvgIpc) is 2.95. The third-order valence-electron chi connectivity index (χ3n) is 7.15. The molecule has 2 aliphatic rings. The molecule has 0 saturated heterocycles. The summed E-state index contributed by atoms with van der Waals surface area (Å²) in [6.45, 7) is 24.1. The van der Waals surface area contributed by atoms with Gasteiger partial charge in [-0.3, -0.25) is 4.79 Å². The Labute approximate surface area is 179 Å². The van der Waals surface area contributed by atoms with Crippen molar-refractivity contribution in [2.45, 2.75) is 109 Å². The SMILES string of the molecule is CC(=O)OC1C(O[Si](C)(C)C(C)(C)C)CC2=NOCC2C1O[Si](C)(C)C(C)(C)C. The molecule has 0 bridgehead atoms. The Morgan fingerprint density at radius 2 is 1.48 bits per heavy atom. The van der Waals surface area contributed by atoms with Crippen molar-refractivity contribution in [1.82, 2.24) is 0 Å². The van der Waals surface area contributed by atoms with Crippen molar-refractivity contribution in [3.8, 4) is 0 Å². The summed E-state index contributed by atoms with van der Waals surface area (Å²) in [7, 11) is -4.20. The highest BCUT2D eigenvalue weighted by atomic mass is 28.4. The lowest BCUT2D eigenvalue weighted by Gasteiger charge is -2.48. The summed E-state index contributed by atoms with van der Waals surface area (Å²) in [4.78, 5) is 17.5. The van der Waals surface area contributed by atoms with E-state index in [1.807, 2.05) is 0 Å². The summed E-state index contributed by atoms with van der Waals surface area (Å²) in [5, 5.41) is 4.39. The number of hydrogen-bond acceptors (Lipinski definition) is 6. The van der Waals surface area contributed by atoms with Crippen LogP contribution in [-0.2, 0) is 23.2 Å². The van der Waals surface area contributed by atoms with Crippen molar-refractivity contribution >= 4 is 28.3 Å². The van der Waals surface area contributed by atoms with Crippen LogP contribution in [0.25, 0.3) is 0 Å². The van der Waals surface area contributed by atoms with Crippen LogP contribution in [0.2, 0.25) is 36.3 Å². The molecule has 2 rings (SSSR count). The maximum Gasteiger partial charge on any atom is 0.303 e. The Kier molecular flexibility index (Phi) is 6.85. The van der Waals surface area contributed by atoms with E-state index in [2.05, 4.69) is 72.9 Å². The average molecular weight is 444 g/mol. The molecule has 29 heavy (non-hydrogen) atoms. The molecule has 1 heterocycles. The quantitative estimate of drug-likeness (QED) is 0.436. The molecule has 0 aromatic heterocycles. The van der Waals surface area contributed by atoms with Gasteiger partial charge in [-0.15, -0.1) is 0 Å². The van der Waals surface area contributed by atoms with Gasteiger partial charge in [0.15, 0.2) is 22.7 Å². The highest BCUT2D eigenvalue weighted by Gasteiger charge is 2.54. The molecule has 168 valence electrons. The Hall–Kier alpha value is -0.706. The summed E-state index contributed by atoms with van der Waals surface area (Å²) in [6, 6.07) is 0. The summed E-state index contributed by atoms with van der Waals surface area (Å²) < 4.78 is 19.5. The van der Waals surface area contributed by atoms with Gasteiger partial charge in [0.1, 0.15) is 6.61 Å². The van der Waals surface area contributed by atoms with Crippen LogP contribution in [0.3, 0.4) is 0 Å². The van der Waals surface area contributed by atoms with Gasteiger partial charge in [0.25, 0.3) is 0 Å². The Morgan fingerprint density at radius 3 is 1.97 bits per heavy atom. The van der Waals surface area contributed by atoms with E-state index in [1.54, 1.807) is 0 Å². The topological polar surface area (TPSA) is 66.4 Å². The minimum absolute atomic E-state index is 0.00717. The van der Waals surface area contributed by atoms with Gasteiger partial charge in [0, 0.05) is 13.3 Å². The smallest absolute Gasteiger partial charge is 0.303 e. The molecule has 0 amide bonds. The summed E-state index contributed by atoms with van der Waals surface area (Å²) in [5.74, 6) is -0.297. The minimum Gasteiger partial charge on any atom is -0.457 e. The lowest BCUT2D eigenvalue weighted by atomic mass is 9.82. The Balaban J connectivity index is 2.42. The number of carbonyl (C=O) groups excluding carboxylic acids is 1. The van der Waals surface area contributed by atoms with Crippen molar-refractivity contribution in [3.05, 3.63) is 0 Å². The van der Waals surface area contributed by atoms with Crippen LogP contribution in [-0.4, -0.2) is 53.2 Å². The van der Waals surface area contributed by atoms with E-state index in [0.717, 1.165) is 5.71 Å². The second-order valence-electron chi connectivity index (χ2n) is 11.5. The number of esters is 1. The predicted octanol–water partition coefficient (Wildman–Crippen LogP) is 5.11. The molecule has 0 aromatic rings. The van der Waals surface area contributed by atoms with Crippen molar-refractivity contribution < 1.29 is 23.2 Å². The van der Waals surface area contributed by atoms with Gasteiger partial charge in [-0.25, -0.2) is 0 Å². The van der Waals surface area contributed by atoms with Crippen LogP contribution < -0.4 is 0 Å². The van der Waals surface area contributed by atoms with E-state index < -0.39 is 22.7 Å². The van der Waals surface area contributed by atoms with Crippen LogP contribution in [0.1, 0.15) is 54.9 Å². The number of oxime groups is 1. The molecule has 0 aromatic carbocycles. The van der Waals surface area contributed by atoms with E-state index in [4.69, 9.17) is 18.4 Å². The van der Waals surface area contributed by atoms with E-state index in [9.17, 15) is 4.79 Å². The largest absolute Gasteiger partial charge is 0.457 e. The van der Waals surface area contributed by atoms with Crippen molar-refractivity contribution in [1.29, 1.82) is 0 Å². The minimum atomic E-state index is -2.12. The van der Waals surface area contributed by atoms with Gasteiger partial charge >= 0.3 is 5.97 Å².